The van der Waals surface area contributed by atoms with Crippen LogP contribution >= 0.6 is 0 Å². The van der Waals surface area contributed by atoms with Crippen molar-refractivity contribution in [3.8, 4) is 0 Å². The van der Waals surface area contributed by atoms with Gasteiger partial charge in [-0.15, -0.1) is 0 Å². The lowest BCUT2D eigenvalue weighted by Crippen LogP contribution is -2.11. The van der Waals surface area contributed by atoms with Crippen molar-refractivity contribution in [3.63, 3.8) is 0 Å². The van der Waals surface area contributed by atoms with E-state index in [1.54, 1.807) is 6.20 Å². The van der Waals surface area contributed by atoms with Crippen molar-refractivity contribution in [1.82, 2.24) is 19.5 Å². The fraction of sp³-hybridized carbons (Fsp3) is 0.500. The second-order valence-electron chi connectivity index (χ2n) is 4.65. The van der Waals surface area contributed by atoms with Crippen LogP contribution in [-0.4, -0.2) is 33.1 Å². The minimum atomic E-state index is 0.832. The van der Waals surface area contributed by atoms with Gasteiger partial charge in [-0.05, 0) is 13.3 Å². The zero-order valence-corrected chi connectivity index (χ0v) is 12.3. The van der Waals surface area contributed by atoms with E-state index in [2.05, 4.69) is 37.1 Å². The first-order valence-corrected chi connectivity index (χ1v) is 6.99. The summed E-state index contributed by atoms with van der Waals surface area (Å²) in [6.07, 6.45) is 7.47. The predicted molar refractivity (Wildman–Crippen MR) is 81.0 cm³/mol. The molecular formula is C14H22N6. The van der Waals surface area contributed by atoms with Crippen LogP contribution in [-0.2, 0) is 13.0 Å². The van der Waals surface area contributed by atoms with Crippen molar-refractivity contribution < 1.29 is 0 Å². The lowest BCUT2D eigenvalue weighted by molar-refractivity contribution is 0.659. The Balaban J connectivity index is 1.94. The SMILES string of the molecule is CCc1nc(NC)c(C)c(NCCCn2ccnc2)n1. The van der Waals surface area contributed by atoms with E-state index in [-0.39, 0.29) is 0 Å². The van der Waals surface area contributed by atoms with E-state index >= 15 is 0 Å². The monoisotopic (exact) mass is 274 g/mol. The van der Waals surface area contributed by atoms with Gasteiger partial charge < -0.3 is 15.2 Å². The first-order valence-electron chi connectivity index (χ1n) is 6.99. The van der Waals surface area contributed by atoms with Crippen molar-refractivity contribution in [1.29, 1.82) is 0 Å². The molecule has 0 aliphatic heterocycles. The fourth-order valence-electron chi connectivity index (χ4n) is 2.02. The highest BCUT2D eigenvalue weighted by molar-refractivity contribution is 5.56. The van der Waals surface area contributed by atoms with Crippen LogP contribution in [0.1, 0.15) is 24.7 Å². The Hall–Kier alpha value is -2.11. The van der Waals surface area contributed by atoms with Crippen molar-refractivity contribution in [2.24, 2.45) is 0 Å². The molecule has 0 saturated heterocycles. The van der Waals surface area contributed by atoms with Gasteiger partial charge in [-0.1, -0.05) is 6.92 Å². The molecule has 6 nitrogen and oxygen atoms in total. The van der Waals surface area contributed by atoms with Gasteiger partial charge in [0.1, 0.15) is 17.5 Å². The number of nitrogens with zero attached hydrogens (tertiary/aromatic N) is 4. The summed E-state index contributed by atoms with van der Waals surface area (Å²) >= 11 is 0. The Morgan fingerprint density at radius 1 is 1.25 bits per heavy atom. The molecule has 0 aromatic carbocycles. The summed E-state index contributed by atoms with van der Waals surface area (Å²) in [5, 5.41) is 6.52. The summed E-state index contributed by atoms with van der Waals surface area (Å²) in [6, 6.07) is 0. The third-order valence-electron chi connectivity index (χ3n) is 3.19. The smallest absolute Gasteiger partial charge is 0.134 e. The standard InChI is InChI=1S/C14H22N6/c1-4-12-18-13(15-3)11(2)14(19-12)17-6-5-8-20-9-7-16-10-20/h7,9-10H,4-6,8H2,1-3H3,(H2,15,17,18,19). The topological polar surface area (TPSA) is 67.7 Å². The van der Waals surface area contributed by atoms with Crippen molar-refractivity contribution >= 4 is 11.6 Å². The number of hydrogen-bond acceptors (Lipinski definition) is 5. The lowest BCUT2D eigenvalue weighted by Gasteiger charge is -2.13. The molecule has 6 heteroatoms. The molecule has 0 saturated carbocycles. The van der Waals surface area contributed by atoms with Crippen LogP contribution in [0.4, 0.5) is 11.6 Å². The molecule has 0 atom stereocenters. The molecule has 0 aliphatic carbocycles. The predicted octanol–water partition coefficient (Wildman–Crippen LogP) is 2.09. The number of hydrogen-bond donors (Lipinski definition) is 2. The first kappa shape index (κ1) is 14.3. The maximum absolute atomic E-state index is 4.55. The van der Waals surface area contributed by atoms with Crippen LogP contribution in [0.3, 0.4) is 0 Å². The number of anilines is 2. The molecule has 2 heterocycles. The van der Waals surface area contributed by atoms with E-state index in [4.69, 9.17) is 0 Å². The van der Waals surface area contributed by atoms with Gasteiger partial charge in [0, 0.05) is 44.5 Å². The number of nitrogens with one attached hydrogen (secondary N) is 2. The minimum Gasteiger partial charge on any atom is -0.373 e. The van der Waals surface area contributed by atoms with Crippen LogP contribution in [0.15, 0.2) is 18.7 Å². The number of rotatable bonds is 7. The number of aromatic nitrogens is 4. The van der Waals surface area contributed by atoms with Crippen LogP contribution in [0.5, 0.6) is 0 Å². The molecule has 0 bridgehead atoms. The van der Waals surface area contributed by atoms with Crippen molar-refractivity contribution in [3.05, 3.63) is 30.1 Å². The van der Waals surface area contributed by atoms with E-state index in [1.165, 1.54) is 0 Å². The maximum atomic E-state index is 4.55. The molecule has 0 radical (unpaired) electrons. The highest BCUT2D eigenvalue weighted by atomic mass is 15.1. The highest BCUT2D eigenvalue weighted by Gasteiger charge is 2.08. The molecule has 0 unspecified atom stereocenters. The molecule has 2 aromatic heterocycles. The third-order valence-corrected chi connectivity index (χ3v) is 3.19. The zero-order chi connectivity index (χ0) is 14.4. The Bertz CT molecular complexity index is 535. The average Bonchev–Trinajstić information content (AvgIpc) is 2.98. The maximum Gasteiger partial charge on any atom is 0.134 e. The fourth-order valence-corrected chi connectivity index (χ4v) is 2.02. The second-order valence-corrected chi connectivity index (χ2v) is 4.65. The minimum absolute atomic E-state index is 0.832. The van der Waals surface area contributed by atoms with Gasteiger partial charge in [0.25, 0.3) is 0 Å². The summed E-state index contributed by atoms with van der Waals surface area (Å²) in [5.74, 6) is 2.68. The molecular weight excluding hydrogens is 252 g/mol. The van der Waals surface area contributed by atoms with E-state index in [9.17, 15) is 0 Å². The zero-order valence-electron chi connectivity index (χ0n) is 12.3. The van der Waals surface area contributed by atoms with Gasteiger partial charge in [0.2, 0.25) is 0 Å². The second kappa shape index (κ2) is 6.88. The number of imidazole rings is 1. The molecule has 0 amide bonds. The average molecular weight is 274 g/mol. The molecule has 0 fully saturated rings. The van der Waals surface area contributed by atoms with E-state index < -0.39 is 0 Å². The van der Waals surface area contributed by atoms with Crippen LogP contribution in [0, 0.1) is 6.92 Å². The van der Waals surface area contributed by atoms with Crippen LogP contribution in [0.25, 0.3) is 0 Å². The lowest BCUT2D eigenvalue weighted by atomic mass is 10.3. The normalized spacial score (nSPS) is 10.6. The summed E-state index contributed by atoms with van der Waals surface area (Å²) in [6.45, 7) is 5.93. The van der Waals surface area contributed by atoms with Crippen LogP contribution in [0.2, 0.25) is 0 Å². The molecule has 2 N–H and O–H groups in total. The summed E-state index contributed by atoms with van der Waals surface area (Å²) in [4.78, 5) is 13.0. The first-order chi connectivity index (χ1) is 9.74. The van der Waals surface area contributed by atoms with E-state index in [0.717, 1.165) is 49.0 Å². The Kier molecular flexibility index (Phi) is 4.92. The van der Waals surface area contributed by atoms with E-state index in [1.807, 2.05) is 26.5 Å². The van der Waals surface area contributed by atoms with Gasteiger partial charge in [-0.3, -0.25) is 0 Å². The van der Waals surface area contributed by atoms with Gasteiger partial charge in [0.05, 0.1) is 6.33 Å². The molecule has 2 aromatic rings. The summed E-state index contributed by atoms with van der Waals surface area (Å²) in [7, 11) is 1.89. The Morgan fingerprint density at radius 3 is 2.70 bits per heavy atom. The van der Waals surface area contributed by atoms with Crippen molar-refractivity contribution in [2.75, 3.05) is 24.2 Å². The molecule has 0 aliphatic rings. The summed E-state index contributed by atoms with van der Waals surface area (Å²) in [5.41, 5.74) is 1.06. The van der Waals surface area contributed by atoms with Gasteiger partial charge in [-0.25, -0.2) is 15.0 Å². The Labute approximate surface area is 119 Å². The highest BCUT2D eigenvalue weighted by Crippen LogP contribution is 2.19. The molecule has 0 spiro atoms. The number of aryl methyl sites for hydroxylation is 2. The van der Waals surface area contributed by atoms with Crippen molar-refractivity contribution in [2.45, 2.75) is 33.2 Å². The van der Waals surface area contributed by atoms with Gasteiger partial charge in [-0.2, -0.15) is 0 Å². The molecule has 2 rings (SSSR count). The van der Waals surface area contributed by atoms with Crippen LogP contribution < -0.4 is 10.6 Å². The van der Waals surface area contributed by atoms with E-state index in [0.29, 0.717) is 0 Å². The molecule has 108 valence electrons. The largest absolute Gasteiger partial charge is 0.373 e. The summed E-state index contributed by atoms with van der Waals surface area (Å²) < 4.78 is 2.07. The van der Waals surface area contributed by atoms with Gasteiger partial charge >= 0.3 is 0 Å². The molecule has 20 heavy (non-hydrogen) atoms. The Morgan fingerprint density at radius 2 is 2.05 bits per heavy atom. The third kappa shape index (κ3) is 3.46. The quantitative estimate of drug-likeness (QED) is 0.757. The van der Waals surface area contributed by atoms with Gasteiger partial charge in [0.15, 0.2) is 0 Å².